The summed E-state index contributed by atoms with van der Waals surface area (Å²) in [5, 5.41) is 14.2. The minimum Gasteiger partial charge on any atom is -0.480 e. The molecule has 2 aliphatic rings. The number of nitrogens with one attached hydrogen (secondary N) is 1. The highest BCUT2D eigenvalue weighted by molar-refractivity contribution is 6.30. The van der Waals surface area contributed by atoms with Gasteiger partial charge < -0.3 is 15.2 Å². The van der Waals surface area contributed by atoms with Crippen molar-refractivity contribution in [3.63, 3.8) is 0 Å². The zero-order valence-electron chi connectivity index (χ0n) is 19.7. The van der Waals surface area contributed by atoms with Gasteiger partial charge in [-0.2, -0.15) is 0 Å². The Labute approximate surface area is 211 Å². The number of carboxylic acids is 1. The van der Waals surface area contributed by atoms with Gasteiger partial charge in [0.25, 0.3) is 0 Å². The summed E-state index contributed by atoms with van der Waals surface area (Å²) in [6.45, 7) is 1.21. The third-order valence-electron chi connectivity index (χ3n) is 7.63. The van der Waals surface area contributed by atoms with E-state index in [1.54, 1.807) is 12.1 Å². The van der Waals surface area contributed by atoms with Crippen molar-refractivity contribution in [1.82, 2.24) is 0 Å². The van der Waals surface area contributed by atoms with Gasteiger partial charge in [0.05, 0.1) is 13.2 Å². The molecule has 0 bridgehead atoms. The van der Waals surface area contributed by atoms with E-state index in [0.717, 1.165) is 24.9 Å². The van der Waals surface area contributed by atoms with Gasteiger partial charge in [-0.15, -0.1) is 0 Å². The quantitative estimate of drug-likeness (QED) is 0.345. The standard InChI is InChI=1S/C30H30ClNO3/c31-25-10-6-11-26(20-25)32-30(28(33)34)16-14-29(15-17-30)24(19-23-9-4-5-12-27(23)29)21-35-18-13-22-7-2-1-3-8-22/h1-12,19-20,32H,13-18,21H2,(H,33,34). The molecule has 0 heterocycles. The molecule has 3 aromatic carbocycles. The number of aliphatic carboxylic acids is 1. The predicted molar refractivity (Wildman–Crippen MR) is 141 cm³/mol. The minimum atomic E-state index is -1.02. The van der Waals surface area contributed by atoms with Crippen LogP contribution in [0.15, 0.2) is 84.4 Å². The number of fused-ring (bicyclic) bond motifs is 2. The van der Waals surface area contributed by atoms with E-state index in [1.807, 2.05) is 18.2 Å². The van der Waals surface area contributed by atoms with E-state index in [0.29, 0.717) is 31.1 Å². The van der Waals surface area contributed by atoms with Gasteiger partial charge in [0.15, 0.2) is 0 Å². The fourth-order valence-electron chi connectivity index (χ4n) is 5.68. The first-order valence-corrected chi connectivity index (χ1v) is 12.6. The Morgan fingerprint density at radius 2 is 1.69 bits per heavy atom. The number of carboxylic acid groups (broad SMARTS) is 1. The maximum Gasteiger partial charge on any atom is 0.329 e. The molecule has 180 valence electrons. The largest absolute Gasteiger partial charge is 0.480 e. The summed E-state index contributed by atoms with van der Waals surface area (Å²) < 4.78 is 6.17. The Morgan fingerprint density at radius 3 is 2.43 bits per heavy atom. The van der Waals surface area contributed by atoms with Crippen LogP contribution in [0.25, 0.3) is 6.08 Å². The third kappa shape index (κ3) is 4.73. The van der Waals surface area contributed by atoms with Crippen LogP contribution in [0.2, 0.25) is 5.02 Å². The van der Waals surface area contributed by atoms with Crippen LogP contribution in [-0.2, 0) is 21.4 Å². The van der Waals surface area contributed by atoms with Crippen molar-refractivity contribution in [3.05, 3.63) is 106 Å². The molecule has 2 N–H and O–H groups in total. The van der Waals surface area contributed by atoms with Crippen molar-refractivity contribution in [2.24, 2.45) is 0 Å². The molecule has 5 heteroatoms. The smallest absolute Gasteiger partial charge is 0.329 e. The van der Waals surface area contributed by atoms with Crippen molar-refractivity contribution in [1.29, 1.82) is 0 Å². The first-order valence-electron chi connectivity index (χ1n) is 12.2. The number of carbonyl (C=O) groups is 1. The van der Waals surface area contributed by atoms with Crippen molar-refractivity contribution >= 4 is 29.3 Å². The Morgan fingerprint density at radius 1 is 0.943 bits per heavy atom. The van der Waals surface area contributed by atoms with E-state index in [2.05, 4.69) is 59.9 Å². The monoisotopic (exact) mass is 487 g/mol. The molecule has 0 unspecified atom stereocenters. The van der Waals surface area contributed by atoms with Crippen molar-refractivity contribution < 1.29 is 14.6 Å². The summed E-state index contributed by atoms with van der Waals surface area (Å²) >= 11 is 6.15. The molecule has 0 atom stereocenters. The predicted octanol–water partition coefficient (Wildman–Crippen LogP) is 6.74. The van der Waals surface area contributed by atoms with E-state index in [1.165, 1.54) is 22.3 Å². The second-order valence-electron chi connectivity index (χ2n) is 9.65. The van der Waals surface area contributed by atoms with Crippen LogP contribution >= 0.6 is 11.6 Å². The molecule has 0 radical (unpaired) electrons. The molecule has 1 spiro atoms. The fourth-order valence-corrected chi connectivity index (χ4v) is 5.87. The van der Waals surface area contributed by atoms with Crippen LogP contribution in [0.3, 0.4) is 0 Å². The van der Waals surface area contributed by atoms with Crippen LogP contribution in [0.4, 0.5) is 5.69 Å². The van der Waals surface area contributed by atoms with Gasteiger partial charge in [-0.05, 0) is 72.6 Å². The summed E-state index contributed by atoms with van der Waals surface area (Å²) in [4.78, 5) is 12.5. The topological polar surface area (TPSA) is 58.6 Å². The lowest BCUT2D eigenvalue weighted by Gasteiger charge is -2.45. The SMILES string of the molecule is O=C(O)C1(Nc2cccc(Cl)c2)CCC2(CC1)C(COCCc1ccccc1)=Cc1ccccc12. The Bertz CT molecular complexity index is 1230. The number of hydrogen-bond donors (Lipinski definition) is 2. The van der Waals surface area contributed by atoms with Crippen LogP contribution in [0.1, 0.15) is 42.4 Å². The molecular weight excluding hydrogens is 458 g/mol. The van der Waals surface area contributed by atoms with Crippen molar-refractivity contribution in [2.45, 2.75) is 43.1 Å². The van der Waals surface area contributed by atoms with Gasteiger partial charge in [-0.3, -0.25) is 0 Å². The van der Waals surface area contributed by atoms with Gasteiger partial charge in [-0.1, -0.05) is 78.3 Å². The molecule has 1 saturated carbocycles. The number of halogens is 1. The lowest BCUT2D eigenvalue weighted by molar-refractivity contribution is -0.143. The van der Waals surface area contributed by atoms with Crippen LogP contribution in [0.5, 0.6) is 0 Å². The third-order valence-corrected chi connectivity index (χ3v) is 7.87. The van der Waals surface area contributed by atoms with Gasteiger partial charge >= 0.3 is 5.97 Å². The lowest BCUT2D eigenvalue weighted by Crippen LogP contribution is -2.52. The summed E-state index contributed by atoms with van der Waals surface area (Å²) in [5.41, 5.74) is 4.58. The first kappa shape index (κ1) is 23.7. The summed E-state index contributed by atoms with van der Waals surface area (Å²) in [6.07, 6.45) is 5.67. The highest BCUT2D eigenvalue weighted by Crippen LogP contribution is 2.53. The second kappa shape index (κ2) is 9.88. The average molecular weight is 488 g/mol. The second-order valence-corrected chi connectivity index (χ2v) is 10.1. The summed E-state index contributed by atoms with van der Waals surface area (Å²) in [6, 6.07) is 26.1. The maximum atomic E-state index is 12.5. The normalized spacial score (nSPS) is 23.1. The fraction of sp³-hybridized carbons (Fsp3) is 0.300. The average Bonchev–Trinajstić information content (AvgIpc) is 3.17. The zero-order chi connectivity index (χ0) is 24.3. The van der Waals surface area contributed by atoms with E-state index < -0.39 is 11.5 Å². The molecular formula is C30H30ClNO3. The number of rotatable bonds is 8. The lowest BCUT2D eigenvalue weighted by atomic mass is 9.62. The van der Waals surface area contributed by atoms with Crippen LogP contribution < -0.4 is 5.32 Å². The van der Waals surface area contributed by atoms with Gasteiger partial charge in [-0.25, -0.2) is 4.79 Å². The van der Waals surface area contributed by atoms with Crippen molar-refractivity contribution in [2.75, 3.05) is 18.5 Å². The Balaban J connectivity index is 1.33. The van der Waals surface area contributed by atoms with E-state index in [-0.39, 0.29) is 5.41 Å². The van der Waals surface area contributed by atoms with Crippen molar-refractivity contribution in [3.8, 4) is 0 Å². The highest BCUT2D eigenvalue weighted by atomic mass is 35.5. The minimum absolute atomic E-state index is 0.182. The molecule has 5 rings (SSSR count). The zero-order valence-corrected chi connectivity index (χ0v) is 20.4. The van der Waals surface area contributed by atoms with E-state index in [4.69, 9.17) is 16.3 Å². The maximum absolute atomic E-state index is 12.5. The molecule has 35 heavy (non-hydrogen) atoms. The molecule has 2 aliphatic carbocycles. The number of hydrogen-bond acceptors (Lipinski definition) is 3. The molecule has 4 nitrogen and oxygen atoms in total. The van der Waals surface area contributed by atoms with Gasteiger partial charge in [0, 0.05) is 16.1 Å². The molecule has 0 amide bonds. The molecule has 3 aromatic rings. The Hall–Kier alpha value is -3.08. The van der Waals surface area contributed by atoms with E-state index in [9.17, 15) is 9.90 Å². The van der Waals surface area contributed by atoms with Crippen LogP contribution in [0, 0.1) is 0 Å². The summed E-state index contributed by atoms with van der Waals surface area (Å²) in [7, 11) is 0. The molecule has 0 saturated heterocycles. The molecule has 0 aliphatic heterocycles. The van der Waals surface area contributed by atoms with Gasteiger partial charge in [0.1, 0.15) is 5.54 Å². The number of anilines is 1. The van der Waals surface area contributed by atoms with Crippen LogP contribution in [-0.4, -0.2) is 29.8 Å². The molecule has 0 aromatic heterocycles. The first-order chi connectivity index (χ1) is 17.0. The highest BCUT2D eigenvalue weighted by Gasteiger charge is 2.51. The molecule has 1 fully saturated rings. The Kier molecular flexibility index (Phi) is 6.68. The number of ether oxygens (including phenoxy) is 1. The van der Waals surface area contributed by atoms with E-state index >= 15 is 0 Å². The van der Waals surface area contributed by atoms with Gasteiger partial charge in [0.2, 0.25) is 0 Å². The summed E-state index contributed by atoms with van der Waals surface area (Å²) in [5.74, 6) is -0.816. The number of benzene rings is 3.